The Hall–Kier alpha value is -1.98. The third-order valence-corrected chi connectivity index (χ3v) is 3.63. The quantitative estimate of drug-likeness (QED) is 0.648. The van der Waals surface area contributed by atoms with Crippen molar-refractivity contribution in [1.82, 2.24) is 0 Å². The first kappa shape index (κ1) is 15.4. The van der Waals surface area contributed by atoms with Crippen LogP contribution in [0.15, 0.2) is 36.4 Å². The average molecular weight is 327 g/mol. The van der Waals surface area contributed by atoms with Gasteiger partial charge in [-0.15, -0.1) is 0 Å². The van der Waals surface area contributed by atoms with Crippen molar-refractivity contribution in [2.45, 2.75) is 6.54 Å². The molecule has 0 unspecified atom stereocenters. The molecule has 1 N–H and O–H groups in total. The molecule has 5 nitrogen and oxygen atoms in total. The number of rotatable bonds is 5. The predicted molar refractivity (Wildman–Crippen MR) is 83.4 cm³/mol. The maximum atomic E-state index is 11.1. The summed E-state index contributed by atoms with van der Waals surface area (Å²) in [4.78, 5) is 10.6. The fourth-order valence-electron chi connectivity index (χ4n) is 1.82. The summed E-state index contributed by atoms with van der Waals surface area (Å²) in [6.07, 6.45) is 0. The highest BCUT2D eigenvalue weighted by molar-refractivity contribution is 6.36. The summed E-state index contributed by atoms with van der Waals surface area (Å²) in [6.45, 7) is 0.283. The van der Waals surface area contributed by atoms with Crippen LogP contribution >= 0.6 is 23.2 Å². The summed E-state index contributed by atoms with van der Waals surface area (Å²) in [5, 5.41) is 15.1. The van der Waals surface area contributed by atoms with E-state index < -0.39 is 4.92 Å². The van der Waals surface area contributed by atoms with Crippen molar-refractivity contribution in [1.29, 1.82) is 0 Å². The van der Waals surface area contributed by atoms with Gasteiger partial charge in [-0.05, 0) is 24.3 Å². The maximum Gasteiger partial charge on any atom is 0.296 e. The fourth-order valence-corrected chi connectivity index (χ4v) is 2.35. The Morgan fingerprint density at radius 2 is 1.90 bits per heavy atom. The first-order chi connectivity index (χ1) is 10.0. The maximum absolute atomic E-state index is 11.1. The molecule has 0 fully saturated rings. The lowest BCUT2D eigenvalue weighted by atomic mass is 10.2. The first-order valence-corrected chi connectivity index (χ1v) is 6.77. The number of ether oxygens (including phenoxy) is 1. The van der Waals surface area contributed by atoms with Crippen LogP contribution in [0.2, 0.25) is 10.0 Å². The van der Waals surface area contributed by atoms with Crippen LogP contribution in [0.4, 0.5) is 11.4 Å². The number of halogens is 2. The van der Waals surface area contributed by atoms with E-state index in [4.69, 9.17) is 27.9 Å². The summed E-state index contributed by atoms with van der Waals surface area (Å²) in [5.74, 6) is 0.419. The molecule has 0 aliphatic carbocycles. The zero-order valence-corrected chi connectivity index (χ0v) is 12.6. The van der Waals surface area contributed by atoms with E-state index in [1.54, 1.807) is 30.3 Å². The summed E-state index contributed by atoms with van der Waals surface area (Å²) >= 11 is 12.1. The van der Waals surface area contributed by atoms with Crippen LogP contribution in [0.3, 0.4) is 0 Å². The topological polar surface area (TPSA) is 64.4 Å². The number of benzene rings is 2. The molecule has 0 amide bonds. The van der Waals surface area contributed by atoms with E-state index in [1.165, 1.54) is 13.2 Å². The first-order valence-electron chi connectivity index (χ1n) is 6.02. The molecule has 0 spiro atoms. The Labute approximate surface area is 131 Å². The van der Waals surface area contributed by atoms with E-state index in [9.17, 15) is 10.1 Å². The van der Waals surface area contributed by atoms with Crippen molar-refractivity contribution < 1.29 is 9.66 Å². The number of anilines is 1. The Morgan fingerprint density at radius 1 is 1.24 bits per heavy atom. The van der Waals surface area contributed by atoms with Crippen LogP contribution in [0.1, 0.15) is 5.56 Å². The smallest absolute Gasteiger partial charge is 0.296 e. The normalized spacial score (nSPS) is 10.2. The fraction of sp³-hybridized carbons (Fsp3) is 0.143. The molecule has 0 aliphatic heterocycles. The zero-order valence-electron chi connectivity index (χ0n) is 11.1. The van der Waals surface area contributed by atoms with Gasteiger partial charge in [-0.25, -0.2) is 0 Å². The molecule has 2 rings (SSSR count). The molecular formula is C14H12Cl2N2O3. The lowest BCUT2D eigenvalue weighted by Crippen LogP contribution is -2.04. The summed E-state index contributed by atoms with van der Waals surface area (Å²) < 4.78 is 4.99. The predicted octanol–water partition coefficient (Wildman–Crippen LogP) is 4.52. The molecule has 0 atom stereocenters. The highest BCUT2D eigenvalue weighted by atomic mass is 35.5. The van der Waals surface area contributed by atoms with Crippen LogP contribution < -0.4 is 10.1 Å². The Kier molecular flexibility index (Phi) is 4.88. The summed E-state index contributed by atoms with van der Waals surface area (Å²) in [5.41, 5.74) is 0.986. The van der Waals surface area contributed by atoms with Crippen molar-refractivity contribution in [3.63, 3.8) is 0 Å². The molecule has 2 aromatic rings. The molecule has 7 heteroatoms. The molecule has 0 saturated carbocycles. The largest absolute Gasteiger partial charge is 0.496 e. The molecule has 0 aromatic heterocycles. The number of hydrogen-bond donors (Lipinski definition) is 1. The van der Waals surface area contributed by atoms with Gasteiger partial charge in [-0.2, -0.15) is 0 Å². The molecule has 2 aromatic carbocycles. The van der Waals surface area contributed by atoms with Gasteiger partial charge in [0.15, 0.2) is 0 Å². The van der Waals surface area contributed by atoms with Gasteiger partial charge in [0.05, 0.1) is 18.1 Å². The van der Waals surface area contributed by atoms with Crippen LogP contribution in [0.25, 0.3) is 0 Å². The number of nitro benzene ring substituents is 1. The second-order valence-electron chi connectivity index (χ2n) is 4.19. The van der Waals surface area contributed by atoms with Crippen LogP contribution in [0, 0.1) is 10.1 Å². The second-order valence-corrected chi connectivity index (χ2v) is 5.01. The van der Waals surface area contributed by atoms with Crippen LogP contribution in [0.5, 0.6) is 5.75 Å². The molecule has 0 heterocycles. The highest BCUT2D eigenvalue weighted by Gasteiger charge is 2.15. The number of nitrogens with one attached hydrogen (secondary N) is 1. The molecule has 21 heavy (non-hydrogen) atoms. The standard InChI is InChI=1S/C14H12Cl2N2O3/c1-21-9-5-6-13(14(7-9)18(19)20)17-8-10-11(15)3-2-4-12(10)16/h2-7,17H,8H2,1H3. The minimum Gasteiger partial charge on any atom is -0.496 e. The minimum atomic E-state index is -0.473. The van der Waals surface area contributed by atoms with Gasteiger partial charge in [0.2, 0.25) is 0 Å². The van der Waals surface area contributed by atoms with Gasteiger partial charge < -0.3 is 10.1 Å². The van der Waals surface area contributed by atoms with Gasteiger partial charge in [0.1, 0.15) is 11.4 Å². The van der Waals surface area contributed by atoms with Crippen LogP contribution in [-0.2, 0) is 6.54 Å². The van der Waals surface area contributed by atoms with E-state index in [-0.39, 0.29) is 12.2 Å². The van der Waals surface area contributed by atoms with Gasteiger partial charge >= 0.3 is 0 Å². The summed E-state index contributed by atoms with van der Waals surface area (Å²) in [7, 11) is 1.45. The molecule has 0 saturated heterocycles. The van der Waals surface area contributed by atoms with Crippen molar-refractivity contribution in [2.75, 3.05) is 12.4 Å². The monoisotopic (exact) mass is 326 g/mol. The Balaban J connectivity index is 2.26. The highest BCUT2D eigenvalue weighted by Crippen LogP contribution is 2.31. The number of nitro groups is 1. The number of hydrogen-bond acceptors (Lipinski definition) is 4. The third kappa shape index (κ3) is 3.56. The number of methoxy groups -OCH3 is 1. The Bertz CT molecular complexity index is 657. The van der Waals surface area contributed by atoms with Crippen molar-refractivity contribution in [3.8, 4) is 5.75 Å². The molecule has 0 aliphatic rings. The lowest BCUT2D eigenvalue weighted by molar-refractivity contribution is -0.384. The van der Waals surface area contributed by atoms with Gasteiger partial charge in [-0.3, -0.25) is 10.1 Å². The van der Waals surface area contributed by atoms with E-state index >= 15 is 0 Å². The SMILES string of the molecule is COc1ccc(NCc2c(Cl)cccc2Cl)c([N+](=O)[O-])c1. The third-order valence-electron chi connectivity index (χ3n) is 2.92. The van der Waals surface area contributed by atoms with Gasteiger partial charge in [-0.1, -0.05) is 29.3 Å². The lowest BCUT2D eigenvalue weighted by Gasteiger charge is -2.11. The molecule has 0 radical (unpaired) electrons. The average Bonchev–Trinajstić information content (AvgIpc) is 2.46. The van der Waals surface area contributed by atoms with Crippen molar-refractivity contribution in [3.05, 3.63) is 62.1 Å². The number of nitrogens with zero attached hydrogens (tertiary/aromatic N) is 1. The second kappa shape index (κ2) is 6.65. The van der Waals surface area contributed by atoms with Gasteiger partial charge in [0.25, 0.3) is 5.69 Å². The van der Waals surface area contributed by atoms with Crippen molar-refractivity contribution in [2.24, 2.45) is 0 Å². The van der Waals surface area contributed by atoms with Crippen molar-refractivity contribution >= 4 is 34.6 Å². The summed E-state index contributed by atoms with van der Waals surface area (Å²) in [6, 6.07) is 9.76. The minimum absolute atomic E-state index is 0.0717. The van der Waals surface area contributed by atoms with Crippen LogP contribution in [-0.4, -0.2) is 12.0 Å². The van der Waals surface area contributed by atoms with E-state index in [0.717, 1.165) is 0 Å². The molecule has 0 bridgehead atoms. The molecular weight excluding hydrogens is 315 g/mol. The Morgan fingerprint density at radius 3 is 2.48 bits per heavy atom. The van der Waals surface area contributed by atoms with Gasteiger partial charge in [0, 0.05) is 22.2 Å². The van der Waals surface area contributed by atoms with E-state index in [0.29, 0.717) is 27.0 Å². The zero-order chi connectivity index (χ0) is 15.4. The van der Waals surface area contributed by atoms with E-state index in [2.05, 4.69) is 5.32 Å². The molecule has 110 valence electrons. The van der Waals surface area contributed by atoms with E-state index in [1.807, 2.05) is 0 Å².